The Balaban J connectivity index is 1.75. The van der Waals surface area contributed by atoms with E-state index in [4.69, 9.17) is 4.74 Å². The fourth-order valence-electron chi connectivity index (χ4n) is 3.48. The smallest absolute Gasteiger partial charge is 0.175 e. The molecule has 0 saturated heterocycles. The predicted octanol–water partition coefficient (Wildman–Crippen LogP) is 2.99. The minimum atomic E-state index is -3.29. The molecule has 1 aromatic heterocycles. The van der Waals surface area contributed by atoms with Gasteiger partial charge in [0.05, 0.1) is 17.0 Å². The van der Waals surface area contributed by atoms with E-state index in [-0.39, 0.29) is 4.90 Å². The molecule has 0 atom stereocenters. The van der Waals surface area contributed by atoms with Gasteiger partial charge in [0.15, 0.2) is 9.84 Å². The van der Waals surface area contributed by atoms with Crippen molar-refractivity contribution < 1.29 is 13.2 Å². The van der Waals surface area contributed by atoms with Gasteiger partial charge >= 0.3 is 0 Å². The summed E-state index contributed by atoms with van der Waals surface area (Å²) in [6.07, 6.45) is 3.65. The molecule has 0 amide bonds. The van der Waals surface area contributed by atoms with Crippen LogP contribution in [-0.4, -0.2) is 37.8 Å². The van der Waals surface area contributed by atoms with Gasteiger partial charge in [-0.15, -0.1) is 0 Å². The molecule has 1 aliphatic heterocycles. The third-order valence-electron chi connectivity index (χ3n) is 4.81. The standard InChI is InChI=1S/C20H21N3O3S/c1-3-26-16-5-4-14-8-9-23(12-15(14)10-16)20-18-11-17(27(2,24)25)6-7-19(18)21-13-22-20/h4-7,10-11,13H,3,8-9,12H2,1-2H3. The molecule has 27 heavy (non-hydrogen) atoms. The van der Waals surface area contributed by atoms with Crippen LogP contribution in [0.15, 0.2) is 47.6 Å². The second kappa shape index (κ2) is 6.81. The number of aromatic nitrogens is 2. The van der Waals surface area contributed by atoms with Crippen LogP contribution in [0.1, 0.15) is 18.1 Å². The molecule has 0 saturated carbocycles. The Hall–Kier alpha value is -2.67. The minimum Gasteiger partial charge on any atom is -0.494 e. The number of ether oxygens (including phenoxy) is 1. The third kappa shape index (κ3) is 3.47. The lowest BCUT2D eigenvalue weighted by molar-refractivity contribution is 0.339. The van der Waals surface area contributed by atoms with Crippen molar-refractivity contribution in [3.8, 4) is 5.75 Å². The normalized spacial score (nSPS) is 14.2. The second-order valence-corrected chi connectivity index (χ2v) is 8.70. The van der Waals surface area contributed by atoms with Crippen molar-refractivity contribution in [3.05, 3.63) is 53.9 Å². The van der Waals surface area contributed by atoms with Gasteiger partial charge in [-0.3, -0.25) is 0 Å². The number of sulfone groups is 1. The van der Waals surface area contributed by atoms with Gasteiger partial charge < -0.3 is 9.64 Å². The van der Waals surface area contributed by atoms with Crippen molar-refractivity contribution in [3.63, 3.8) is 0 Å². The molecule has 0 spiro atoms. The molecule has 2 heterocycles. The van der Waals surface area contributed by atoms with Crippen molar-refractivity contribution in [1.82, 2.24) is 9.97 Å². The Morgan fingerprint density at radius 1 is 1.11 bits per heavy atom. The lowest BCUT2D eigenvalue weighted by atomic mass is 9.99. The van der Waals surface area contributed by atoms with Crippen molar-refractivity contribution in [2.24, 2.45) is 0 Å². The average Bonchev–Trinajstić information content (AvgIpc) is 2.66. The lowest BCUT2D eigenvalue weighted by Gasteiger charge is -2.30. The first-order valence-electron chi connectivity index (χ1n) is 8.90. The quantitative estimate of drug-likeness (QED) is 0.690. The van der Waals surface area contributed by atoms with Gasteiger partial charge in [-0.05, 0) is 54.8 Å². The number of nitrogens with zero attached hydrogens (tertiary/aromatic N) is 3. The first-order valence-corrected chi connectivity index (χ1v) is 10.8. The maximum atomic E-state index is 12.0. The highest BCUT2D eigenvalue weighted by Crippen LogP contribution is 2.31. The summed E-state index contributed by atoms with van der Waals surface area (Å²) in [5.74, 6) is 1.63. The van der Waals surface area contributed by atoms with E-state index < -0.39 is 9.84 Å². The average molecular weight is 383 g/mol. The third-order valence-corrected chi connectivity index (χ3v) is 5.92. The van der Waals surface area contributed by atoms with E-state index in [0.29, 0.717) is 13.2 Å². The van der Waals surface area contributed by atoms with Crippen LogP contribution < -0.4 is 9.64 Å². The maximum Gasteiger partial charge on any atom is 0.175 e. The van der Waals surface area contributed by atoms with Crippen LogP contribution in [0, 0.1) is 0 Å². The summed E-state index contributed by atoms with van der Waals surface area (Å²) < 4.78 is 29.5. The van der Waals surface area contributed by atoms with Crippen LogP contribution in [0.2, 0.25) is 0 Å². The van der Waals surface area contributed by atoms with E-state index in [9.17, 15) is 8.42 Å². The predicted molar refractivity (Wildman–Crippen MR) is 105 cm³/mol. The molecular weight excluding hydrogens is 362 g/mol. The summed E-state index contributed by atoms with van der Waals surface area (Å²) >= 11 is 0. The van der Waals surface area contributed by atoms with Crippen LogP contribution in [0.5, 0.6) is 5.75 Å². The molecule has 0 fully saturated rings. The zero-order valence-corrected chi connectivity index (χ0v) is 16.2. The van der Waals surface area contributed by atoms with Gasteiger partial charge in [-0.1, -0.05) is 6.07 Å². The molecule has 0 bridgehead atoms. The Morgan fingerprint density at radius 3 is 2.74 bits per heavy atom. The number of rotatable bonds is 4. The zero-order valence-electron chi connectivity index (χ0n) is 15.3. The van der Waals surface area contributed by atoms with Crippen molar-refractivity contribution in [1.29, 1.82) is 0 Å². The van der Waals surface area contributed by atoms with Crippen LogP contribution in [0.4, 0.5) is 5.82 Å². The largest absolute Gasteiger partial charge is 0.494 e. The molecule has 0 unspecified atom stereocenters. The summed E-state index contributed by atoms with van der Waals surface area (Å²) in [6, 6.07) is 11.2. The first kappa shape index (κ1) is 17.7. The SMILES string of the molecule is CCOc1ccc2c(c1)CN(c1ncnc3ccc(S(C)(=O)=O)cc13)CC2. The van der Waals surface area contributed by atoms with Gasteiger partial charge in [0, 0.05) is 24.7 Å². The number of hydrogen-bond donors (Lipinski definition) is 0. The summed E-state index contributed by atoms with van der Waals surface area (Å²) in [5.41, 5.74) is 3.25. The van der Waals surface area contributed by atoms with E-state index in [2.05, 4.69) is 27.0 Å². The number of anilines is 1. The maximum absolute atomic E-state index is 12.0. The fourth-order valence-corrected chi connectivity index (χ4v) is 4.12. The highest BCUT2D eigenvalue weighted by atomic mass is 32.2. The fraction of sp³-hybridized carbons (Fsp3) is 0.300. The van der Waals surface area contributed by atoms with E-state index in [1.807, 2.05) is 13.0 Å². The van der Waals surface area contributed by atoms with Crippen molar-refractivity contribution in [2.45, 2.75) is 24.8 Å². The molecule has 3 aromatic rings. The number of fused-ring (bicyclic) bond motifs is 2. The molecule has 7 heteroatoms. The Labute approximate surface area is 158 Å². The van der Waals surface area contributed by atoms with E-state index in [1.165, 1.54) is 23.7 Å². The second-order valence-electron chi connectivity index (χ2n) is 6.68. The summed E-state index contributed by atoms with van der Waals surface area (Å²) in [6.45, 7) is 4.12. The molecule has 2 aromatic carbocycles. The van der Waals surface area contributed by atoms with Crippen molar-refractivity contribution >= 4 is 26.6 Å². The Morgan fingerprint density at radius 2 is 1.96 bits per heavy atom. The zero-order chi connectivity index (χ0) is 19.0. The topological polar surface area (TPSA) is 72.4 Å². The molecule has 6 nitrogen and oxygen atoms in total. The van der Waals surface area contributed by atoms with Crippen molar-refractivity contribution in [2.75, 3.05) is 24.3 Å². The molecule has 0 N–H and O–H groups in total. The Kier molecular flexibility index (Phi) is 4.47. The molecule has 0 radical (unpaired) electrons. The molecule has 4 rings (SSSR count). The van der Waals surface area contributed by atoms with Crippen LogP contribution >= 0.6 is 0 Å². The summed E-state index contributed by atoms with van der Waals surface area (Å²) in [7, 11) is -3.29. The van der Waals surface area contributed by atoms with E-state index in [0.717, 1.165) is 35.4 Å². The minimum absolute atomic E-state index is 0.280. The van der Waals surface area contributed by atoms with E-state index in [1.54, 1.807) is 18.2 Å². The highest BCUT2D eigenvalue weighted by molar-refractivity contribution is 7.90. The summed E-state index contributed by atoms with van der Waals surface area (Å²) in [5, 5.41) is 0.754. The molecular formula is C20H21N3O3S. The molecule has 1 aliphatic rings. The van der Waals surface area contributed by atoms with Gasteiger partial charge in [-0.2, -0.15) is 0 Å². The number of benzene rings is 2. The van der Waals surface area contributed by atoms with Crippen LogP contribution in [0.3, 0.4) is 0 Å². The van der Waals surface area contributed by atoms with Gasteiger partial charge in [0.2, 0.25) is 0 Å². The van der Waals surface area contributed by atoms with Gasteiger partial charge in [-0.25, -0.2) is 18.4 Å². The van der Waals surface area contributed by atoms with E-state index >= 15 is 0 Å². The Bertz CT molecular complexity index is 1110. The van der Waals surface area contributed by atoms with Crippen LogP contribution in [0.25, 0.3) is 10.9 Å². The lowest BCUT2D eigenvalue weighted by Crippen LogP contribution is -2.31. The van der Waals surface area contributed by atoms with Gasteiger partial charge in [0.1, 0.15) is 17.9 Å². The first-order chi connectivity index (χ1) is 13.0. The number of hydrogen-bond acceptors (Lipinski definition) is 6. The van der Waals surface area contributed by atoms with Crippen LogP contribution in [-0.2, 0) is 22.8 Å². The van der Waals surface area contributed by atoms with Gasteiger partial charge in [0.25, 0.3) is 0 Å². The molecule has 0 aliphatic carbocycles. The summed E-state index contributed by atoms with van der Waals surface area (Å²) in [4.78, 5) is 11.2. The monoisotopic (exact) mass is 383 g/mol. The molecule has 140 valence electrons. The highest BCUT2D eigenvalue weighted by Gasteiger charge is 2.21.